The standard InChI is InChI=1S/C19H17F2N5O4S2/c1-30-16-4-3-11-18-15(7-23-19(11)24-16)26(31-2)9-17(27)25(18)8-12-13(20)5-10(6-14(12)21)32(22,28)29/h3-7H,8-9H2,1-2H3,(H2,22,28,29). The molecule has 0 aliphatic carbocycles. The van der Waals surface area contributed by atoms with Gasteiger partial charge in [-0.2, -0.15) is 4.98 Å². The molecule has 0 atom stereocenters. The van der Waals surface area contributed by atoms with E-state index in [1.165, 1.54) is 30.2 Å². The zero-order valence-electron chi connectivity index (χ0n) is 16.9. The maximum absolute atomic E-state index is 14.7. The number of hydrogen-bond donors (Lipinski definition) is 1. The number of aromatic nitrogens is 2. The smallest absolute Gasteiger partial charge is 0.247 e. The number of primary sulfonamides is 1. The first-order chi connectivity index (χ1) is 15.1. The summed E-state index contributed by atoms with van der Waals surface area (Å²) in [6, 6.07) is 4.52. The lowest BCUT2D eigenvalue weighted by Gasteiger charge is -2.36. The minimum atomic E-state index is -4.30. The van der Waals surface area contributed by atoms with Crippen LogP contribution in [0.3, 0.4) is 0 Å². The topological polar surface area (TPSA) is 119 Å². The number of hydrogen-bond acceptors (Lipinski definition) is 8. The van der Waals surface area contributed by atoms with Crippen molar-refractivity contribution in [2.24, 2.45) is 5.14 Å². The third kappa shape index (κ3) is 3.82. The van der Waals surface area contributed by atoms with Crippen LogP contribution in [0.1, 0.15) is 5.56 Å². The Balaban J connectivity index is 1.88. The van der Waals surface area contributed by atoms with Gasteiger partial charge in [0.2, 0.25) is 21.8 Å². The van der Waals surface area contributed by atoms with Crippen LogP contribution in [0.25, 0.3) is 11.0 Å². The van der Waals surface area contributed by atoms with E-state index in [0.29, 0.717) is 34.8 Å². The summed E-state index contributed by atoms with van der Waals surface area (Å²) in [6.07, 6.45) is 3.31. The van der Waals surface area contributed by atoms with E-state index >= 15 is 0 Å². The Labute approximate surface area is 186 Å². The molecule has 2 aromatic heterocycles. The van der Waals surface area contributed by atoms with Crippen molar-refractivity contribution in [1.82, 2.24) is 9.97 Å². The molecule has 1 aliphatic heterocycles. The molecular formula is C19H17F2N5O4S2. The zero-order chi connectivity index (χ0) is 23.2. The molecule has 1 aromatic carbocycles. The number of rotatable bonds is 5. The Morgan fingerprint density at radius 3 is 2.53 bits per heavy atom. The second-order valence-electron chi connectivity index (χ2n) is 6.83. The van der Waals surface area contributed by atoms with Gasteiger partial charge in [-0.1, -0.05) is 11.9 Å². The maximum Gasteiger partial charge on any atom is 0.247 e. The van der Waals surface area contributed by atoms with Gasteiger partial charge in [-0.05, 0) is 18.2 Å². The lowest BCUT2D eigenvalue weighted by molar-refractivity contribution is -0.117. The number of sulfonamides is 1. The van der Waals surface area contributed by atoms with E-state index in [1.807, 2.05) is 0 Å². The number of nitrogens with zero attached hydrogens (tertiary/aromatic N) is 4. The molecule has 0 unspecified atom stereocenters. The third-order valence-corrected chi connectivity index (χ3v) is 6.62. The predicted octanol–water partition coefficient (Wildman–Crippen LogP) is 2.20. The molecule has 0 radical (unpaired) electrons. The van der Waals surface area contributed by atoms with E-state index < -0.39 is 44.6 Å². The molecule has 0 fully saturated rings. The van der Waals surface area contributed by atoms with E-state index in [9.17, 15) is 22.0 Å². The summed E-state index contributed by atoms with van der Waals surface area (Å²) < 4.78 is 59.2. The quantitative estimate of drug-likeness (QED) is 0.551. The summed E-state index contributed by atoms with van der Waals surface area (Å²) in [7, 11) is -2.85. The largest absolute Gasteiger partial charge is 0.481 e. The summed E-state index contributed by atoms with van der Waals surface area (Å²) in [5.74, 6) is -2.36. The van der Waals surface area contributed by atoms with Gasteiger partial charge in [0.1, 0.15) is 18.2 Å². The molecule has 9 nitrogen and oxygen atoms in total. The van der Waals surface area contributed by atoms with E-state index in [4.69, 9.17) is 9.88 Å². The van der Waals surface area contributed by atoms with E-state index in [0.717, 1.165) is 0 Å². The first-order valence-corrected chi connectivity index (χ1v) is 11.8. The molecule has 3 heterocycles. The monoisotopic (exact) mass is 481 g/mol. The van der Waals surface area contributed by atoms with Gasteiger partial charge in [-0.25, -0.2) is 27.3 Å². The number of pyridine rings is 2. The molecule has 4 rings (SSSR count). The van der Waals surface area contributed by atoms with Gasteiger partial charge in [0.15, 0.2) is 5.65 Å². The van der Waals surface area contributed by atoms with Crippen molar-refractivity contribution in [1.29, 1.82) is 0 Å². The first kappa shape index (κ1) is 22.2. The summed E-state index contributed by atoms with van der Waals surface area (Å²) >= 11 is 1.30. The predicted molar refractivity (Wildman–Crippen MR) is 116 cm³/mol. The number of amides is 1. The second-order valence-corrected chi connectivity index (χ2v) is 9.19. The number of fused-ring (bicyclic) bond motifs is 3. The number of carbonyl (C=O) groups excluding carboxylic acids is 1. The van der Waals surface area contributed by atoms with Crippen LogP contribution in [-0.4, -0.2) is 44.2 Å². The second kappa shape index (κ2) is 8.15. The SMILES string of the molecule is COc1ccc2c3c(cnc2n1)N(SC)CC(=O)N3Cc1c(F)cc(S(N)(=O)=O)cc1F. The van der Waals surface area contributed by atoms with Gasteiger partial charge in [-0.3, -0.25) is 4.79 Å². The average Bonchev–Trinajstić information content (AvgIpc) is 2.75. The molecule has 1 aliphatic rings. The zero-order valence-corrected chi connectivity index (χ0v) is 18.5. The van der Waals surface area contributed by atoms with Crippen molar-refractivity contribution in [3.63, 3.8) is 0 Å². The lowest BCUT2D eigenvalue weighted by Crippen LogP contribution is -2.43. The van der Waals surface area contributed by atoms with Gasteiger partial charge in [-0.15, -0.1) is 0 Å². The maximum atomic E-state index is 14.7. The van der Waals surface area contributed by atoms with Crippen molar-refractivity contribution in [3.05, 3.63) is 47.7 Å². The average molecular weight is 482 g/mol. The molecule has 0 saturated carbocycles. The molecule has 3 aromatic rings. The molecule has 168 valence electrons. The number of halogens is 2. The summed E-state index contributed by atoms with van der Waals surface area (Å²) in [5, 5.41) is 5.46. The fourth-order valence-electron chi connectivity index (χ4n) is 3.42. The molecule has 0 saturated heterocycles. The minimum Gasteiger partial charge on any atom is -0.481 e. The highest BCUT2D eigenvalue weighted by Crippen LogP contribution is 2.42. The summed E-state index contributed by atoms with van der Waals surface area (Å²) in [5.41, 5.74) is 0.763. The minimum absolute atomic E-state index is 0.0521. The van der Waals surface area contributed by atoms with E-state index in [-0.39, 0.29) is 12.2 Å². The fourth-order valence-corrected chi connectivity index (χ4v) is 4.52. The highest BCUT2D eigenvalue weighted by atomic mass is 32.2. The molecule has 1 amide bonds. The molecular weight excluding hydrogens is 464 g/mol. The van der Waals surface area contributed by atoms with Gasteiger partial charge < -0.3 is 13.9 Å². The van der Waals surface area contributed by atoms with Crippen LogP contribution in [0.4, 0.5) is 20.2 Å². The lowest BCUT2D eigenvalue weighted by atomic mass is 10.1. The number of anilines is 2. The van der Waals surface area contributed by atoms with Crippen molar-refractivity contribution in [2.45, 2.75) is 11.4 Å². The Morgan fingerprint density at radius 1 is 1.25 bits per heavy atom. The molecule has 0 bridgehead atoms. The summed E-state index contributed by atoms with van der Waals surface area (Å²) in [6.45, 7) is -0.523. The summed E-state index contributed by atoms with van der Waals surface area (Å²) in [4.78, 5) is 22.1. The van der Waals surface area contributed by atoms with Crippen LogP contribution in [0, 0.1) is 11.6 Å². The van der Waals surface area contributed by atoms with Crippen LogP contribution in [-0.2, 0) is 21.4 Å². The van der Waals surface area contributed by atoms with Crippen molar-refractivity contribution >= 4 is 50.3 Å². The number of carbonyl (C=O) groups is 1. The highest BCUT2D eigenvalue weighted by Gasteiger charge is 2.33. The number of benzene rings is 1. The van der Waals surface area contributed by atoms with Crippen LogP contribution < -0.4 is 19.1 Å². The van der Waals surface area contributed by atoms with Crippen molar-refractivity contribution in [2.75, 3.05) is 29.1 Å². The van der Waals surface area contributed by atoms with Gasteiger partial charge in [0, 0.05) is 23.3 Å². The van der Waals surface area contributed by atoms with Crippen LogP contribution >= 0.6 is 11.9 Å². The first-order valence-electron chi connectivity index (χ1n) is 9.10. The Bertz CT molecular complexity index is 1330. The van der Waals surface area contributed by atoms with Gasteiger partial charge in [0.05, 0.1) is 36.1 Å². The fraction of sp³-hybridized carbons (Fsp3) is 0.211. The molecule has 2 N–H and O–H groups in total. The van der Waals surface area contributed by atoms with Crippen LogP contribution in [0.15, 0.2) is 35.4 Å². The molecule has 0 spiro atoms. The van der Waals surface area contributed by atoms with Crippen molar-refractivity contribution < 1.29 is 26.7 Å². The van der Waals surface area contributed by atoms with Crippen LogP contribution in [0.5, 0.6) is 5.88 Å². The van der Waals surface area contributed by atoms with Gasteiger partial charge in [0.25, 0.3) is 0 Å². The van der Waals surface area contributed by atoms with Crippen LogP contribution in [0.2, 0.25) is 0 Å². The normalized spacial score (nSPS) is 14.1. The highest BCUT2D eigenvalue weighted by molar-refractivity contribution is 8.00. The molecule has 13 heteroatoms. The number of ether oxygens (including phenoxy) is 1. The third-order valence-electron chi connectivity index (χ3n) is 4.96. The Morgan fingerprint density at radius 2 is 1.94 bits per heavy atom. The molecule has 32 heavy (non-hydrogen) atoms. The Kier molecular flexibility index (Phi) is 5.65. The van der Waals surface area contributed by atoms with Gasteiger partial charge >= 0.3 is 0 Å². The van der Waals surface area contributed by atoms with E-state index in [1.54, 1.807) is 22.7 Å². The number of methoxy groups -OCH3 is 1. The van der Waals surface area contributed by atoms with E-state index in [2.05, 4.69) is 9.97 Å². The van der Waals surface area contributed by atoms with Crippen molar-refractivity contribution in [3.8, 4) is 5.88 Å². The number of nitrogens with two attached hydrogens (primary N) is 1. The Hall–Kier alpha value is -3.03.